The van der Waals surface area contributed by atoms with Gasteiger partial charge in [0.1, 0.15) is 0 Å². The van der Waals surface area contributed by atoms with Gasteiger partial charge in [-0.3, -0.25) is 4.79 Å². The van der Waals surface area contributed by atoms with Gasteiger partial charge < -0.3 is 15.2 Å². The molecule has 0 bridgehead atoms. The molecule has 0 aliphatic carbocycles. The molecule has 3 rings (SSSR count). The number of benzene rings is 1. The zero-order valence-electron chi connectivity index (χ0n) is 10.4. The molecule has 2 aliphatic heterocycles. The summed E-state index contributed by atoms with van der Waals surface area (Å²) in [4.78, 5) is 23.2. The molecule has 1 saturated heterocycles. The van der Waals surface area contributed by atoms with Crippen LogP contribution in [0.3, 0.4) is 0 Å². The van der Waals surface area contributed by atoms with Crippen molar-refractivity contribution in [3.8, 4) is 0 Å². The van der Waals surface area contributed by atoms with E-state index in [0.29, 0.717) is 13.2 Å². The fourth-order valence-electron chi connectivity index (χ4n) is 2.94. The maximum Gasteiger partial charge on any atom is 0.335 e. The molecule has 0 radical (unpaired) electrons. The molecule has 0 saturated carbocycles. The summed E-state index contributed by atoms with van der Waals surface area (Å²) in [5, 5.41) is 11.9. The molecule has 2 aliphatic rings. The Morgan fingerprint density at radius 1 is 1.32 bits per heavy atom. The van der Waals surface area contributed by atoms with Crippen LogP contribution in [0.5, 0.6) is 0 Å². The summed E-state index contributed by atoms with van der Waals surface area (Å²) >= 11 is 0. The Bertz CT molecular complexity index is 534. The largest absolute Gasteiger partial charge is 0.478 e. The molecule has 5 nitrogen and oxygen atoms in total. The summed E-state index contributed by atoms with van der Waals surface area (Å²) in [7, 11) is 0. The standard InChI is InChI=1S/C14H15NO4/c16-13-12(8-3-5-19-6-4-8)10-7-9(14(17)18)1-2-11(10)15-13/h1-2,7-8,12H,3-6H2,(H,15,16)(H,17,18)/t12-/m1/s1. The highest BCUT2D eigenvalue weighted by Gasteiger charge is 2.37. The number of carbonyl (C=O) groups excluding carboxylic acids is 1. The minimum atomic E-state index is -0.965. The highest BCUT2D eigenvalue weighted by molar-refractivity contribution is 6.04. The molecule has 5 heteroatoms. The van der Waals surface area contributed by atoms with Crippen LogP contribution in [-0.4, -0.2) is 30.2 Å². The van der Waals surface area contributed by atoms with Crippen molar-refractivity contribution in [2.24, 2.45) is 5.92 Å². The molecule has 100 valence electrons. The van der Waals surface area contributed by atoms with Gasteiger partial charge >= 0.3 is 5.97 Å². The smallest absolute Gasteiger partial charge is 0.335 e. The van der Waals surface area contributed by atoms with Crippen molar-refractivity contribution in [3.63, 3.8) is 0 Å². The first-order valence-corrected chi connectivity index (χ1v) is 6.42. The highest BCUT2D eigenvalue weighted by Crippen LogP contribution is 2.41. The normalized spacial score (nSPS) is 22.9. The number of rotatable bonds is 2. The van der Waals surface area contributed by atoms with Crippen molar-refractivity contribution in [3.05, 3.63) is 29.3 Å². The van der Waals surface area contributed by atoms with Gasteiger partial charge in [0.2, 0.25) is 5.91 Å². The molecular weight excluding hydrogens is 246 g/mol. The summed E-state index contributed by atoms with van der Waals surface area (Å²) in [5.74, 6) is -0.991. The number of nitrogens with one attached hydrogen (secondary N) is 1. The van der Waals surface area contributed by atoms with Crippen LogP contribution in [0.15, 0.2) is 18.2 Å². The fourth-order valence-corrected chi connectivity index (χ4v) is 2.94. The Balaban J connectivity index is 1.96. The Kier molecular flexibility index (Phi) is 2.98. The van der Waals surface area contributed by atoms with E-state index in [1.54, 1.807) is 12.1 Å². The number of carboxylic acids is 1. The summed E-state index contributed by atoms with van der Waals surface area (Å²) in [6, 6.07) is 4.82. The first-order valence-electron chi connectivity index (χ1n) is 6.42. The minimum absolute atomic E-state index is 0.0237. The molecule has 1 amide bonds. The number of hydrogen-bond donors (Lipinski definition) is 2. The highest BCUT2D eigenvalue weighted by atomic mass is 16.5. The molecule has 1 fully saturated rings. The summed E-state index contributed by atoms with van der Waals surface area (Å²) in [5.41, 5.74) is 1.79. The van der Waals surface area contributed by atoms with E-state index in [2.05, 4.69) is 5.32 Å². The van der Waals surface area contributed by atoms with Gasteiger partial charge in [-0.25, -0.2) is 4.79 Å². The SMILES string of the molecule is O=C(O)c1ccc2c(c1)[C@@H](C1CCOCC1)C(=O)N2. The number of amides is 1. The van der Waals surface area contributed by atoms with Crippen molar-refractivity contribution in [2.75, 3.05) is 18.5 Å². The van der Waals surface area contributed by atoms with Crippen LogP contribution < -0.4 is 5.32 Å². The van der Waals surface area contributed by atoms with Crippen LogP contribution in [-0.2, 0) is 9.53 Å². The molecule has 1 aromatic carbocycles. The molecule has 1 aromatic rings. The molecule has 2 N–H and O–H groups in total. The van der Waals surface area contributed by atoms with Crippen LogP contribution in [0.4, 0.5) is 5.69 Å². The zero-order valence-corrected chi connectivity index (χ0v) is 10.4. The number of carboxylic acid groups (broad SMARTS) is 1. The fraction of sp³-hybridized carbons (Fsp3) is 0.429. The average Bonchev–Trinajstić information content (AvgIpc) is 2.74. The van der Waals surface area contributed by atoms with E-state index in [1.165, 1.54) is 6.07 Å². The summed E-state index contributed by atoms with van der Waals surface area (Å²) in [6.07, 6.45) is 1.68. The third-order valence-electron chi connectivity index (χ3n) is 3.91. The van der Waals surface area contributed by atoms with Crippen LogP contribution in [0.25, 0.3) is 0 Å². The van der Waals surface area contributed by atoms with E-state index in [4.69, 9.17) is 9.84 Å². The Labute approximate surface area is 110 Å². The number of carbonyl (C=O) groups is 2. The van der Waals surface area contributed by atoms with Crippen molar-refractivity contribution in [1.29, 1.82) is 0 Å². The number of fused-ring (bicyclic) bond motifs is 1. The van der Waals surface area contributed by atoms with Gasteiger partial charge in [-0.1, -0.05) is 0 Å². The lowest BCUT2D eigenvalue weighted by atomic mass is 9.82. The molecule has 0 spiro atoms. The lowest BCUT2D eigenvalue weighted by Gasteiger charge is -2.26. The Morgan fingerprint density at radius 3 is 2.74 bits per heavy atom. The number of anilines is 1. The van der Waals surface area contributed by atoms with Crippen LogP contribution in [0.1, 0.15) is 34.7 Å². The quantitative estimate of drug-likeness (QED) is 0.851. The third kappa shape index (κ3) is 2.10. The van der Waals surface area contributed by atoms with Crippen molar-refractivity contribution < 1.29 is 19.4 Å². The average molecular weight is 261 g/mol. The first-order chi connectivity index (χ1) is 9.16. The number of aromatic carboxylic acids is 1. The van der Waals surface area contributed by atoms with Gasteiger partial charge in [-0.05, 0) is 42.5 Å². The van der Waals surface area contributed by atoms with Crippen LogP contribution in [0.2, 0.25) is 0 Å². The van der Waals surface area contributed by atoms with E-state index >= 15 is 0 Å². The summed E-state index contributed by atoms with van der Waals surface area (Å²) in [6.45, 7) is 1.34. The number of hydrogen-bond acceptors (Lipinski definition) is 3. The van der Waals surface area contributed by atoms with E-state index < -0.39 is 5.97 Å². The second-order valence-corrected chi connectivity index (χ2v) is 5.02. The van der Waals surface area contributed by atoms with Crippen LogP contribution >= 0.6 is 0 Å². The first kappa shape index (κ1) is 12.2. The second kappa shape index (κ2) is 4.66. The number of ether oxygens (including phenoxy) is 1. The maximum absolute atomic E-state index is 12.1. The summed E-state index contributed by atoms with van der Waals surface area (Å²) < 4.78 is 5.32. The van der Waals surface area contributed by atoms with Gasteiger partial charge in [0.25, 0.3) is 0 Å². The molecule has 0 unspecified atom stereocenters. The van der Waals surface area contributed by atoms with E-state index in [9.17, 15) is 9.59 Å². The van der Waals surface area contributed by atoms with Gasteiger partial charge in [0, 0.05) is 18.9 Å². The third-order valence-corrected chi connectivity index (χ3v) is 3.91. The predicted octanol–water partition coefficient (Wildman–Crippen LogP) is 1.85. The van der Waals surface area contributed by atoms with Crippen LogP contribution in [0, 0.1) is 5.92 Å². The second-order valence-electron chi connectivity index (χ2n) is 5.02. The van der Waals surface area contributed by atoms with Gasteiger partial charge in [0.15, 0.2) is 0 Å². The van der Waals surface area contributed by atoms with E-state index in [1.807, 2.05) is 0 Å². The Morgan fingerprint density at radius 2 is 2.05 bits per heavy atom. The van der Waals surface area contributed by atoms with Crippen molar-refractivity contribution in [2.45, 2.75) is 18.8 Å². The van der Waals surface area contributed by atoms with Gasteiger partial charge in [-0.2, -0.15) is 0 Å². The predicted molar refractivity (Wildman–Crippen MR) is 68.3 cm³/mol. The molecule has 1 atom stereocenters. The maximum atomic E-state index is 12.1. The monoisotopic (exact) mass is 261 g/mol. The Hall–Kier alpha value is -1.88. The minimum Gasteiger partial charge on any atom is -0.478 e. The van der Waals surface area contributed by atoms with Gasteiger partial charge in [0.05, 0.1) is 11.5 Å². The lowest BCUT2D eigenvalue weighted by Crippen LogP contribution is -2.26. The molecule has 19 heavy (non-hydrogen) atoms. The topological polar surface area (TPSA) is 75.6 Å². The van der Waals surface area contributed by atoms with E-state index in [0.717, 1.165) is 24.1 Å². The van der Waals surface area contributed by atoms with Crippen molar-refractivity contribution in [1.82, 2.24) is 0 Å². The van der Waals surface area contributed by atoms with Crippen molar-refractivity contribution >= 4 is 17.6 Å². The van der Waals surface area contributed by atoms with Gasteiger partial charge in [-0.15, -0.1) is 0 Å². The molecule has 2 heterocycles. The molecular formula is C14H15NO4. The molecule has 0 aromatic heterocycles. The lowest BCUT2D eigenvalue weighted by molar-refractivity contribution is -0.118. The van der Waals surface area contributed by atoms with E-state index in [-0.39, 0.29) is 23.3 Å². The zero-order chi connectivity index (χ0) is 13.4.